The number of benzene rings is 1. The number of carbonyl (C=O) groups is 1. The molecule has 0 saturated carbocycles. The predicted molar refractivity (Wildman–Crippen MR) is 64.8 cm³/mol. The summed E-state index contributed by atoms with van der Waals surface area (Å²) in [6.45, 7) is 4.32. The van der Waals surface area contributed by atoms with Gasteiger partial charge in [-0.1, -0.05) is 32.0 Å². The maximum absolute atomic E-state index is 12.0. The number of aromatic nitrogens is 3. The number of nitrogens with one attached hydrogen (secondary N) is 1. The molecule has 0 aliphatic heterocycles. The molecule has 0 spiro atoms. The fraction of sp³-hybridized carbons (Fsp3) is 0.308. The Hall–Kier alpha value is -1.97. The first kappa shape index (κ1) is 11.5. The van der Waals surface area contributed by atoms with E-state index in [-0.39, 0.29) is 5.78 Å². The highest BCUT2D eigenvalue weighted by Crippen LogP contribution is 2.13. The molecule has 1 N–H and O–H groups in total. The Morgan fingerprint density at radius 1 is 1.41 bits per heavy atom. The van der Waals surface area contributed by atoms with Crippen molar-refractivity contribution >= 4 is 5.78 Å². The standard InChI is InChI=1S/C13H15N3O/c1-9(2)6-10-4-3-5-11(7-10)13(17)12-8-14-16-15-12/h3-5,7-9H,6H2,1-2H3,(H,14,15,16). The van der Waals surface area contributed by atoms with Gasteiger partial charge in [0.25, 0.3) is 0 Å². The van der Waals surface area contributed by atoms with Crippen LogP contribution in [0.15, 0.2) is 30.5 Å². The van der Waals surface area contributed by atoms with Crippen molar-refractivity contribution in [2.45, 2.75) is 20.3 Å². The van der Waals surface area contributed by atoms with Gasteiger partial charge in [0.2, 0.25) is 5.78 Å². The molecule has 4 heteroatoms. The Balaban J connectivity index is 2.24. The van der Waals surface area contributed by atoms with Gasteiger partial charge in [0.05, 0.1) is 6.20 Å². The molecule has 0 atom stereocenters. The zero-order valence-electron chi connectivity index (χ0n) is 9.97. The molecule has 0 saturated heterocycles. The fourth-order valence-corrected chi connectivity index (χ4v) is 1.77. The van der Waals surface area contributed by atoms with Crippen LogP contribution in [0, 0.1) is 5.92 Å². The average molecular weight is 229 g/mol. The number of hydrogen-bond acceptors (Lipinski definition) is 3. The quantitative estimate of drug-likeness (QED) is 0.818. The molecule has 1 heterocycles. The van der Waals surface area contributed by atoms with E-state index in [9.17, 15) is 4.79 Å². The van der Waals surface area contributed by atoms with E-state index in [1.54, 1.807) is 6.07 Å². The molecular formula is C13H15N3O. The van der Waals surface area contributed by atoms with Crippen LogP contribution in [-0.4, -0.2) is 21.2 Å². The highest BCUT2D eigenvalue weighted by Gasteiger charge is 2.12. The first-order chi connectivity index (χ1) is 8.16. The molecular weight excluding hydrogens is 214 g/mol. The van der Waals surface area contributed by atoms with Crippen LogP contribution in [-0.2, 0) is 6.42 Å². The molecule has 1 aromatic carbocycles. The SMILES string of the molecule is CC(C)Cc1cccc(C(=O)c2cn[nH]n2)c1. The van der Waals surface area contributed by atoms with Gasteiger partial charge in [-0.05, 0) is 24.0 Å². The van der Waals surface area contributed by atoms with Crippen LogP contribution >= 0.6 is 0 Å². The van der Waals surface area contributed by atoms with Gasteiger partial charge in [-0.3, -0.25) is 4.79 Å². The molecule has 1 aromatic heterocycles. The van der Waals surface area contributed by atoms with Crippen molar-refractivity contribution in [3.05, 3.63) is 47.3 Å². The second-order valence-electron chi connectivity index (χ2n) is 4.48. The van der Waals surface area contributed by atoms with Crippen LogP contribution in [0.5, 0.6) is 0 Å². The lowest BCUT2D eigenvalue weighted by molar-refractivity contribution is 0.103. The molecule has 2 aromatic rings. The largest absolute Gasteiger partial charge is 0.287 e. The summed E-state index contributed by atoms with van der Waals surface area (Å²) < 4.78 is 0. The van der Waals surface area contributed by atoms with E-state index in [2.05, 4.69) is 29.3 Å². The molecule has 4 nitrogen and oxygen atoms in total. The van der Waals surface area contributed by atoms with Gasteiger partial charge in [0.1, 0.15) is 0 Å². The normalized spacial score (nSPS) is 10.8. The summed E-state index contributed by atoms with van der Waals surface area (Å²) in [5, 5.41) is 9.89. The lowest BCUT2D eigenvalue weighted by Crippen LogP contribution is -2.03. The molecule has 0 aliphatic rings. The topological polar surface area (TPSA) is 58.6 Å². The van der Waals surface area contributed by atoms with Crippen LogP contribution in [0.4, 0.5) is 0 Å². The van der Waals surface area contributed by atoms with Gasteiger partial charge >= 0.3 is 0 Å². The number of hydrogen-bond donors (Lipinski definition) is 1. The molecule has 0 unspecified atom stereocenters. The Kier molecular flexibility index (Phi) is 3.32. The third-order valence-electron chi connectivity index (χ3n) is 2.48. The summed E-state index contributed by atoms with van der Waals surface area (Å²) in [7, 11) is 0. The monoisotopic (exact) mass is 229 g/mol. The van der Waals surface area contributed by atoms with Crippen molar-refractivity contribution in [3.8, 4) is 0 Å². The van der Waals surface area contributed by atoms with Crippen molar-refractivity contribution in [2.75, 3.05) is 0 Å². The third kappa shape index (κ3) is 2.78. The Morgan fingerprint density at radius 2 is 2.24 bits per heavy atom. The zero-order chi connectivity index (χ0) is 12.3. The summed E-state index contributed by atoms with van der Waals surface area (Å²) in [4.78, 5) is 12.0. The average Bonchev–Trinajstić information content (AvgIpc) is 2.81. The fourth-order valence-electron chi connectivity index (χ4n) is 1.77. The first-order valence-corrected chi connectivity index (χ1v) is 5.66. The molecule has 0 amide bonds. The number of carbonyl (C=O) groups excluding carboxylic acids is 1. The Morgan fingerprint density at radius 3 is 2.88 bits per heavy atom. The van der Waals surface area contributed by atoms with Gasteiger partial charge in [0.15, 0.2) is 5.69 Å². The number of aromatic amines is 1. The van der Waals surface area contributed by atoms with Gasteiger partial charge < -0.3 is 0 Å². The van der Waals surface area contributed by atoms with E-state index in [0.717, 1.165) is 6.42 Å². The van der Waals surface area contributed by atoms with Crippen LogP contribution in [0.2, 0.25) is 0 Å². The molecule has 0 fully saturated rings. The van der Waals surface area contributed by atoms with Crippen molar-refractivity contribution in [3.63, 3.8) is 0 Å². The lowest BCUT2D eigenvalue weighted by Gasteiger charge is -2.06. The minimum atomic E-state index is -0.0932. The van der Waals surface area contributed by atoms with E-state index >= 15 is 0 Å². The molecule has 2 rings (SSSR count). The van der Waals surface area contributed by atoms with Crippen molar-refractivity contribution in [1.29, 1.82) is 0 Å². The van der Waals surface area contributed by atoms with Crippen molar-refractivity contribution < 1.29 is 4.79 Å². The smallest absolute Gasteiger partial charge is 0.214 e. The summed E-state index contributed by atoms with van der Waals surface area (Å²) in [6.07, 6.45) is 2.41. The van der Waals surface area contributed by atoms with Crippen molar-refractivity contribution in [1.82, 2.24) is 15.4 Å². The van der Waals surface area contributed by atoms with Crippen LogP contribution in [0.3, 0.4) is 0 Å². The molecule has 17 heavy (non-hydrogen) atoms. The number of H-pyrrole nitrogens is 1. The number of rotatable bonds is 4. The summed E-state index contributed by atoms with van der Waals surface area (Å²) in [5.41, 5.74) is 2.19. The summed E-state index contributed by atoms with van der Waals surface area (Å²) in [6, 6.07) is 7.68. The molecule has 0 bridgehead atoms. The zero-order valence-corrected chi connectivity index (χ0v) is 9.97. The van der Waals surface area contributed by atoms with Gasteiger partial charge in [-0.15, -0.1) is 0 Å². The van der Waals surface area contributed by atoms with Crippen LogP contribution in [0.1, 0.15) is 35.5 Å². The highest BCUT2D eigenvalue weighted by atomic mass is 16.1. The minimum absolute atomic E-state index is 0.0932. The maximum atomic E-state index is 12.0. The summed E-state index contributed by atoms with van der Waals surface area (Å²) >= 11 is 0. The highest BCUT2D eigenvalue weighted by molar-refractivity contribution is 6.07. The predicted octanol–water partition coefficient (Wildman–Crippen LogP) is 2.23. The minimum Gasteiger partial charge on any atom is -0.287 e. The van der Waals surface area contributed by atoms with Gasteiger partial charge in [0, 0.05) is 5.56 Å². The second-order valence-corrected chi connectivity index (χ2v) is 4.48. The maximum Gasteiger partial charge on any atom is 0.214 e. The summed E-state index contributed by atoms with van der Waals surface area (Å²) in [5.74, 6) is 0.483. The first-order valence-electron chi connectivity index (χ1n) is 5.66. The van der Waals surface area contributed by atoms with Gasteiger partial charge in [-0.2, -0.15) is 15.4 Å². The lowest BCUT2D eigenvalue weighted by atomic mass is 9.99. The Bertz CT molecular complexity index is 503. The molecule has 0 aliphatic carbocycles. The van der Waals surface area contributed by atoms with E-state index in [4.69, 9.17) is 0 Å². The molecule has 88 valence electrons. The van der Waals surface area contributed by atoms with E-state index in [0.29, 0.717) is 17.2 Å². The number of ketones is 1. The third-order valence-corrected chi connectivity index (χ3v) is 2.48. The van der Waals surface area contributed by atoms with Gasteiger partial charge in [-0.25, -0.2) is 0 Å². The van der Waals surface area contributed by atoms with Crippen molar-refractivity contribution in [2.24, 2.45) is 5.92 Å². The van der Waals surface area contributed by atoms with E-state index in [1.165, 1.54) is 11.8 Å². The second kappa shape index (κ2) is 4.91. The van der Waals surface area contributed by atoms with E-state index < -0.39 is 0 Å². The van der Waals surface area contributed by atoms with Crippen LogP contribution in [0.25, 0.3) is 0 Å². The van der Waals surface area contributed by atoms with E-state index in [1.807, 2.05) is 18.2 Å². The number of nitrogens with zero attached hydrogens (tertiary/aromatic N) is 2. The Labute approximate surface area is 100 Å². The van der Waals surface area contributed by atoms with Crippen LogP contribution < -0.4 is 0 Å². The molecule has 0 radical (unpaired) electrons.